The van der Waals surface area contributed by atoms with Crippen molar-refractivity contribution in [2.24, 2.45) is 0 Å². The summed E-state index contributed by atoms with van der Waals surface area (Å²) >= 11 is 0. The van der Waals surface area contributed by atoms with Crippen LogP contribution in [0.1, 0.15) is 62.9 Å². The van der Waals surface area contributed by atoms with Crippen LogP contribution in [0.15, 0.2) is 64.2 Å². The van der Waals surface area contributed by atoms with Gasteiger partial charge >= 0.3 is 5.69 Å². The first-order valence-electron chi connectivity index (χ1n) is 14.3. The molecule has 39 heavy (non-hydrogen) atoms. The van der Waals surface area contributed by atoms with Gasteiger partial charge < -0.3 is 15.6 Å². The largest absolute Gasteiger partial charge is 0.399 e. The van der Waals surface area contributed by atoms with Gasteiger partial charge in [0, 0.05) is 38.3 Å². The average Bonchev–Trinajstić information content (AvgIpc) is 3.28. The van der Waals surface area contributed by atoms with Gasteiger partial charge in [-0.05, 0) is 55.5 Å². The van der Waals surface area contributed by atoms with Gasteiger partial charge in [-0.25, -0.2) is 9.78 Å². The maximum atomic E-state index is 13.6. The molecule has 0 radical (unpaired) electrons. The number of aryl methyl sites for hydroxylation is 2. The number of fused-ring (bicyclic) bond motifs is 1. The maximum absolute atomic E-state index is 13.6. The average molecular weight is 531 g/mol. The quantitative estimate of drug-likeness (QED) is 0.176. The van der Waals surface area contributed by atoms with Crippen LogP contribution < -0.4 is 22.3 Å². The number of unbranched alkanes of at least 4 members (excludes halogenated alkanes) is 3. The molecule has 0 bridgehead atoms. The number of aromatic nitrogens is 4. The molecule has 0 aliphatic carbocycles. The Hall–Kier alpha value is -3.65. The summed E-state index contributed by atoms with van der Waals surface area (Å²) in [5.41, 5.74) is 9.64. The maximum Gasteiger partial charge on any atom is 0.332 e. The third-order valence-corrected chi connectivity index (χ3v) is 7.16. The molecule has 0 aliphatic rings. The minimum atomic E-state index is -0.253. The number of nitrogen functional groups attached to an aromatic ring is 1. The zero-order valence-corrected chi connectivity index (χ0v) is 23.4. The van der Waals surface area contributed by atoms with Crippen LogP contribution in [0.3, 0.4) is 0 Å². The molecule has 4 rings (SSSR count). The minimum Gasteiger partial charge on any atom is -0.399 e. The van der Waals surface area contributed by atoms with Crippen molar-refractivity contribution in [2.45, 2.75) is 78.4 Å². The highest BCUT2D eigenvalue weighted by Gasteiger charge is 2.21. The molecular weight excluding hydrogens is 488 g/mol. The van der Waals surface area contributed by atoms with Gasteiger partial charge in [0.05, 0.1) is 0 Å². The van der Waals surface area contributed by atoms with E-state index < -0.39 is 0 Å². The Morgan fingerprint density at radius 3 is 2.33 bits per heavy atom. The van der Waals surface area contributed by atoms with E-state index in [-0.39, 0.29) is 11.2 Å². The Labute approximate surface area is 230 Å². The molecule has 4 aromatic rings. The molecule has 0 atom stereocenters. The van der Waals surface area contributed by atoms with Crippen molar-refractivity contribution in [3.8, 4) is 0 Å². The van der Waals surface area contributed by atoms with E-state index in [0.29, 0.717) is 43.6 Å². The lowest BCUT2D eigenvalue weighted by molar-refractivity contribution is 0.523. The van der Waals surface area contributed by atoms with E-state index in [1.54, 1.807) is 4.57 Å². The van der Waals surface area contributed by atoms with Gasteiger partial charge in [-0.3, -0.25) is 13.9 Å². The van der Waals surface area contributed by atoms with Gasteiger partial charge in [0.2, 0.25) is 0 Å². The minimum absolute atomic E-state index is 0.237. The smallest absolute Gasteiger partial charge is 0.332 e. The van der Waals surface area contributed by atoms with Crippen LogP contribution in [0.5, 0.6) is 0 Å². The van der Waals surface area contributed by atoms with Crippen LogP contribution in [-0.2, 0) is 32.5 Å². The fourth-order valence-corrected chi connectivity index (χ4v) is 5.18. The number of hydrogen-bond acceptors (Lipinski definition) is 5. The van der Waals surface area contributed by atoms with Gasteiger partial charge in [-0.15, -0.1) is 0 Å². The van der Waals surface area contributed by atoms with E-state index in [1.807, 2.05) is 47.9 Å². The molecule has 8 nitrogen and oxygen atoms in total. The van der Waals surface area contributed by atoms with Crippen molar-refractivity contribution in [1.29, 1.82) is 0 Å². The van der Waals surface area contributed by atoms with E-state index in [0.717, 1.165) is 62.3 Å². The third-order valence-electron chi connectivity index (χ3n) is 7.16. The number of nitrogens with one attached hydrogen (secondary N) is 1. The zero-order valence-electron chi connectivity index (χ0n) is 23.4. The first-order chi connectivity index (χ1) is 19.0. The molecule has 0 saturated carbocycles. The van der Waals surface area contributed by atoms with E-state index in [2.05, 4.69) is 30.4 Å². The van der Waals surface area contributed by atoms with Crippen LogP contribution in [0.25, 0.3) is 11.2 Å². The van der Waals surface area contributed by atoms with Crippen LogP contribution in [0, 0.1) is 0 Å². The predicted molar refractivity (Wildman–Crippen MR) is 159 cm³/mol. The molecule has 2 heterocycles. The zero-order chi connectivity index (χ0) is 27.6. The van der Waals surface area contributed by atoms with Crippen molar-refractivity contribution in [2.75, 3.05) is 18.8 Å². The Balaban J connectivity index is 1.60. The number of likely N-dealkylation sites (N-methyl/N-ethyl adjacent to an activating group) is 1. The summed E-state index contributed by atoms with van der Waals surface area (Å²) < 4.78 is 5.17. The Morgan fingerprint density at radius 2 is 1.59 bits per heavy atom. The summed E-state index contributed by atoms with van der Waals surface area (Å²) in [6.07, 6.45) is 6.31. The van der Waals surface area contributed by atoms with Crippen LogP contribution >= 0.6 is 0 Å². The summed E-state index contributed by atoms with van der Waals surface area (Å²) in [7, 11) is 0. The van der Waals surface area contributed by atoms with E-state index in [4.69, 9.17) is 10.7 Å². The van der Waals surface area contributed by atoms with Crippen molar-refractivity contribution >= 4 is 16.9 Å². The highest BCUT2D eigenvalue weighted by atomic mass is 16.2. The first-order valence-corrected chi connectivity index (χ1v) is 14.3. The summed E-state index contributed by atoms with van der Waals surface area (Å²) in [5.74, 6) is 0.815. The van der Waals surface area contributed by atoms with Gasteiger partial charge in [0.1, 0.15) is 5.82 Å². The molecular formula is C31H42N6O2. The van der Waals surface area contributed by atoms with Gasteiger partial charge in [-0.1, -0.05) is 69.2 Å². The molecule has 0 unspecified atom stereocenters. The lowest BCUT2D eigenvalue weighted by atomic mass is 10.1. The lowest BCUT2D eigenvalue weighted by Gasteiger charge is -2.13. The number of benzene rings is 2. The van der Waals surface area contributed by atoms with Crippen molar-refractivity contribution < 1.29 is 0 Å². The van der Waals surface area contributed by atoms with Crippen molar-refractivity contribution in [3.63, 3.8) is 0 Å². The Morgan fingerprint density at radius 1 is 0.821 bits per heavy atom. The number of anilines is 1. The van der Waals surface area contributed by atoms with Crippen molar-refractivity contribution in [1.82, 2.24) is 24.0 Å². The lowest BCUT2D eigenvalue weighted by Crippen LogP contribution is -2.40. The molecule has 208 valence electrons. The summed E-state index contributed by atoms with van der Waals surface area (Å²) in [6, 6.07) is 18.2. The summed E-state index contributed by atoms with van der Waals surface area (Å²) in [4.78, 5) is 32.1. The van der Waals surface area contributed by atoms with Gasteiger partial charge in [0.25, 0.3) is 5.56 Å². The predicted octanol–water partition coefficient (Wildman–Crippen LogP) is 4.36. The molecule has 0 spiro atoms. The second-order valence-corrected chi connectivity index (χ2v) is 10.2. The van der Waals surface area contributed by atoms with E-state index in [1.165, 1.54) is 10.1 Å². The fourth-order valence-electron chi connectivity index (χ4n) is 5.18. The first kappa shape index (κ1) is 28.4. The molecule has 0 aliphatic heterocycles. The molecule has 3 N–H and O–H groups in total. The number of hydrogen-bond donors (Lipinski definition) is 2. The standard InChI is InChI=1S/C31H42N6O2/c1-3-19-37-30(38)28-29(34-27(35(28)21-18-33-4-2)23-25-14-9-7-10-15-25)36(31(37)39)20-11-6-5-8-13-24-16-12-17-26(32)22-24/h7,9-10,12,14-17,22,33H,3-6,8,11,13,18-21,23,32H2,1-2H3. The second-order valence-electron chi connectivity index (χ2n) is 10.2. The number of nitrogens with zero attached hydrogens (tertiary/aromatic N) is 4. The van der Waals surface area contributed by atoms with Crippen LogP contribution in [0.4, 0.5) is 5.69 Å². The van der Waals surface area contributed by atoms with E-state index >= 15 is 0 Å². The fraction of sp³-hybridized carbons (Fsp3) is 0.452. The SMILES string of the molecule is CCCn1c(=O)c2c(nc(Cc3ccccc3)n2CCNCC)n(CCCCCCc2cccc(N)c2)c1=O. The highest BCUT2D eigenvalue weighted by molar-refractivity contribution is 5.71. The Bertz CT molecular complexity index is 1470. The molecule has 0 amide bonds. The van der Waals surface area contributed by atoms with Crippen LogP contribution in [0.2, 0.25) is 0 Å². The molecule has 2 aromatic heterocycles. The molecule has 8 heteroatoms. The van der Waals surface area contributed by atoms with Crippen molar-refractivity contribution in [3.05, 3.63) is 92.4 Å². The highest BCUT2D eigenvalue weighted by Crippen LogP contribution is 2.17. The van der Waals surface area contributed by atoms with E-state index in [9.17, 15) is 9.59 Å². The summed E-state index contributed by atoms with van der Waals surface area (Å²) in [5, 5.41) is 3.36. The molecule has 2 aromatic carbocycles. The van der Waals surface area contributed by atoms with Gasteiger partial charge in [-0.2, -0.15) is 0 Å². The monoisotopic (exact) mass is 530 g/mol. The molecule has 0 saturated heterocycles. The van der Waals surface area contributed by atoms with Gasteiger partial charge in [0.15, 0.2) is 11.2 Å². The Kier molecular flexibility index (Phi) is 10.1. The number of rotatable bonds is 15. The summed E-state index contributed by atoms with van der Waals surface area (Å²) in [6.45, 7) is 7.21. The second kappa shape index (κ2) is 13.9. The molecule has 0 fully saturated rings. The van der Waals surface area contributed by atoms with Crippen LogP contribution in [-0.4, -0.2) is 31.8 Å². The normalized spacial score (nSPS) is 11.4. The number of imidazole rings is 1. The number of nitrogens with two attached hydrogens (primary N) is 1. The topological polar surface area (TPSA) is 99.9 Å². The third kappa shape index (κ3) is 7.06.